The van der Waals surface area contributed by atoms with E-state index in [9.17, 15) is 4.79 Å². The van der Waals surface area contributed by atoms with Crippen LogP contribution < -0.4 is 17.3 Å². The van der Waals surface area contributed by atoms with Crippen LogP contribution in [0.5, 0.6) is 0 Å². The maximum atomic E-state index is 10.7. The van der Waals surface area contributed by atoms with Crippen LogP contribution in [0.1, 0.15) is 64.5 Å². The Labute approximate surface area is 356 Å². The number of ether oxygens (including phenoxy) is 6. The smallest absolute Gasteiger partial charge is 0.305 e. The highest BCUT2D eigenvalue weighted by atomic mass is 35.5. The molecule has 1 aliphatic carbocycles. The number of fused-ring (bicyclic) bond motifs is 2. The van der Waals surface area contributed by atoms with Gasteiger partial charge in [0, 0.05) is 53.4 Å². The summed E-state index contributed by atoms with van der Waals surface area (Å²) in [5.74, 6) is -0.794. The van der Waals surface area contributed by atoms with Crippen molar-refractivity contribution in [3.05, 3.63) is 99.9 Å². The maximum Gasteiger partial charge on any atom is 0.305 e. The first-order valence-corrected chi connectivity index (χ1v) is 20.7. The van der Waals surface area contributed by atoms with Gasteiger partial charge >= 0.3 is 5.97 Å². The molecule has 1 unspecified atom stereocenters. The van der Waals surface area contributed by atoms with Crippen molar-refractivity contribution in [1.29, 1.82) is 0 Å². The quantitative estimate of drug-likeness (QED) is 0.0895. The normalized spacial score (nSPS) is 18.1. The first-order chi connectivity index (χ1) is 27.6. The van der Waals surface area contributed by atoms with E-state index in [1.54, 1.807) is 7.11 Å². The van der Waals surface area contributed by atoms with Gasteiger partial charge in [-0.15, -0.1) is 5.73 Å². The second-order valence-corrected chi connectivity index (χ2v) is 15.9. The molecule has 3 aliphatic rings. The molecular formula is C46H62Cl2N2O8. The van der Waals surface area contributed by atoms with E-state index in [0.29, 0.717) is 79.2 Å². The van der Waals surface area contributed by atoms with E-state index in [1.165, 1.54) is 28.2 Å². The van der Waals surface area contributed by atoms with Crippen LogP contribution in [0.4, 0.5) is 11.4 Å². The van der Waals surface area contributed by atoms with Gasteiger partial charge in [0.1, 0.15) is 6.61 Å². The topological polar surface area (TPSA) is 98.9 Å². The number of anilines is 1. The lowest BCUT2D eigenvalue weighted by atomic mass is 9.81. The number of carbonyl (C=O) groups is 1. The summed E-state index contributed by atoms with van der Waals surface area (Å²) in [6.45, 7) is 15.8. The molecule has 318 valence electrons. The van der Waals surface area contributed by atoms with E-state index in [-0.39, 0.29) is 42.2 Å². The van der Waals surface area contributed by atoms with Crippen LogP contribution >= 0.6 is 11.6 Å². The molecule has 12 heteroatoms. The van der Waals surface area contributed by atoms with Crippen molar-refractivity contribution in [1.82, 2.24) is 0 Å². The van der Waals surface area contributed by atoms with Crippen LogP contribution in [0.2, 0.25) is 0 Å². The lowest BCUT2D eigenvalue weighted by Gasteiger charge is -2.26. The fraction of sp³-hybridized carbons (Fsp3) is 0.543. The predicted octanol–water partition coefficient (Wildman–Crippen LogP) is 4.96. The van der Waals surface area contributed by atoms with E-state index >= 15 is 0 Å². The molecule has 1 atom stereocenters. The van der Waals surface area contributed by atoms with Crippen molar-refractivity contribution in [2.24, 2.45) is 5.92 Å². The van der Waals surface area contributed by atoms with Gasteiger partial charge in [-0.1, -0.05) is 54.1 Å². The van der Waals surface area contributed by atoms with Crippen molar-refractivity contribution in [3.8, 4) is 0 Å². The molecule has 0 saturated carbocycles. The SMILES string of the molecule is COCCOCCOCCOCCN1C(=C=CC2CCCC(/C=C/C3=[N+](CCOCCOCCC(=O)O)c4ccccc4C3(C)C)=C2Cl)C(C)(C)c2ccccc21.[Cl-]. The van der Waals surface area contributed by atoms with Crippen molar-refractivity contribution in [2.75, 3.05) is 97.8 Å². The minimum atomic E-state index is -0.865. The van der Waals surface area contributed by atoms with Crippen molar-refractivity contribution >= 4 is 34.7 Å². The van der Waals surface area contributed by atoms with E-state index < -0.39 is 5.97 Å². The molecule has 1 N–H and O–H groups in total. The molecular weight excluding hydrogens is 779 g/mol. The van der Waals surface area contributed by atoms with Crippen LogP contribution in [0.25, 0.3) is 0 Å². The fourth-order valence-electron chi connectivity index (χ4n) is 7.85. The monoisotopic (exact) mass is 840 g/mol. The van der Waals surface area contributed by atoms with Gasteiger partial charge in [0.2, 0.25) is 5.69 Å². The molecule has 0 spiro atoms. The largest absolute Gasteiger partial charge is 1.00 e. The number of halogens is 2. The molecule has 2 heterocycles. The lowest BCUT2D eigenvalue weighted by molar-refractivity contribution is -0.442. The summed E-state index contributed by atoms with van der Waals surface area (Å²) < 4.78 is 35.8. The van der Waals surface area contributed by atoms with Crippen molar-refractivity contribution in [2.45, 2.75) is 64.2 Å². The summed E-state index contributed by atoms with van der Waals surface area (Å²) in [4.78, 5) is 13.1. The molecule has 0 aromatic heterocycles. The molecule has 0 bridgehead atoms. The number of benzene rings is 2. The zero-order chi connectivity index (χ0) is 40.7. The Morgan fingerprint density at radius 2 is 1.43 bits per heavy atom. The number of rotatable bonds is 24. The minimum Gasteiger partial charge on any atom is -1.00 e. The molecule has 2 aliphatic heterocycles. The Morgan fingerprint density at radius 1 is 0.828 bits per heavy atom. The van der Waals surface area contributed by atoms with Crippen LogP contribution in [0.15, 0.2) is 88.8 Å². The Hall–Kier alpha value is -3.28. The van der Waals surface area contributed by atoms with Gasteiger partial charge in [-0.05, 0) is 70.2 Å². The Morgan fingerprint density at radius 3 is 2.12 bits per heavy atom. The summed E-state index contributed by atoms with van der Waals surface area (Å²) in [6, 6.07) is 17.2. The standard InChI is InChI=1S/C46H61ClN2O8.ClH/c1-45(2)37-13-6-8-15-39(37)48(22-25-54-30-29-53-24-21-43(50)51)41(45)19-17-35-11-10-12-36(44(35)47)18-20-42-46(3,4)38-14-7-9-16-40(38)49(42)23-26-55-31-32-57-34-33-56-28-27-52-5;/h6-9,13-19,36H,10-12,21-34H2,1-5H3;1H/b19-17+;. The van der Waals surface area contributed by atoms with Gasteiger partial charge < -0.3 is 50.8 Å². The zero-order valence-electron chi connectivity index (χ0n) is 34.9. The minimum absolute atomic E-state index is 0. The van der Waals surface area contributed by atoms with E-state index in [1.807, 2.05) is 0 Å². The van der Waals surface area contributed by atoms with Gasteiger partial charge in [0.25, 0.3) is 0 Å². The number of nitrogens with zero attached hydrogens (tertiary/aromatic N) is 2. The van der Waals surface area contributed by atoms with E-state index in [0.717, 1.165) is 35.6 Å². The lowest BCUT2D eigenvalue weighted by Crippen LogP contribution is -3.00. The molecule has 0 amide bonds. The fourth-order valence-corrected chi connectivity index (χ4v) is 8.18. The highest BCUT2D eigenvalue weighted by Crippen LogP contribution is 2.47. The Bertz CT molecular complexity index is 1810. The molecule has 0 saturated heterocycles. The van der Waals surface area contributed by atoms with E-state index in [2.05, 4.69) is 110 Å². The van der Waals surface area contributed by atoms with Crippen molar-refractivity contribution in [3.63, 3.8) is 0 Å². The van der Waals surface area contributed by atoms with Gasteiger partial charge in [-0.3, -0.25) is 4.79 Å². The van der Waals surface area contributed by atoms with Crippen LogP contribution in [0.3, 0.4) is 0 Å². The van der Waals surface area contributed by atoms with Crippen molar-refractivity contribution < 1.29 is 55.3 Å². The van der Waals surface area contributed by atoms with Crippen LogP contribution in [0, 0.1) is 5.92 Å². The average Bonchev–Trinajstić information content (AvgIpc) is 3.55. The zero-order valence-corrected chi connectivity index (χ0v) is 36.4. The van der Waals surface area contributed by atoms with Gasteiger partial charge in [0.05, 0.1) is 83.6 Å². The number of hydrogen-bond donors (Lipinski definition) is 1. The summed E-state index contributed by atoms with van der Waals surface area (Å²) >= 11 is 7.27. The second-order valence-electron chi connectivity index (χ2n) is 15.5. The highest BCUT2D eigenvalue weighted by Gasteiger charge is 2.44. The number of hydrogen-bond acceptors (Lipinski definition) is 8. The number of carboxylic acid groups (broad SMARTS) is 1. The van der Waals surface area contributed by atoms with Gasteiger partial charge in [-0.25, -0.2) is 0 Å². The number of carboxylic acids is 1. The first kappa shape index (κ1) is 47.4. The van der Waals surface area contributed by atoms with Crippen LogP contribution in [-0.2, 0) is 44.0 Å². The first-order valence-electron chi connectivity index (χ1n) is 20.3. The predicted molar refractivity (Wildman–Crippen MR) is 225 cm³/mol. The second kappa shape index (κ2) is 23.5. The number of para-hydroxylation sites is 2. The molecule has 58 heavy (non-hydrogen) atoms. The third-order valence-electron chi connectivity index (χ3n) is 10.9. The molecule has 10 nitrogen and oxygen atoms in total. The average molecular weight is 842 g/mol. The summed E-state index contributed by atoms with van der Waals surface area (Å²) in [6.07, 6.45) is 9.59. The molecule has 0 radical (unpaired) electrons. The number of allylic oxidation sites excluding steroid dienone is 5. The Kier molecular flexibility index (Phi) is 19.2. The summed E-state index contributed by atoms with van der Waals surface area (Å²) in [7, 11) is 1.66. The number of aliphatic carboxylic acids is 1. The van der Waals surface area contributed by atoms with E-state index in [4.69, 9.17) is 45.1 Å². The summed E-state index contributed by atoms with van der Waals surface area (Å²) in [5.41, 5.74) is 11.7. The highest BCUT2D eigenvalue weighted by molar-refractivity contribution is 6.30. The Balaban J connectivity index is 0.00000744. The third kappa shape index (κ3) is 12.4. The molecule has 2 aromatic carbocycles. The van der Waals surface area contributed by atoms with Gasteiger partial charge in [-0.2, -0.15) is 4.58 Å². The van der Waals surface area contributed by atoms with Gasteiger partial charge in [0.15, 0.2) is 12.3 Å². The number of methoxy groups -OCH3 is 1. The maximum absolute atomic E-state index is 10.7. The van der Waals surface area contributed by atoms with Crippen LogP contribution in [-0.4, -0.2) is 114 Å². The summed E-state index contributed by atoms with van der Waals surface area (Å²) in [5, 5.41) is 9.69. The molecule has 2 aromatic rings. The molecule has 5 rings (SSSR count). The third-order valence-corrected chi connectivity index (χ3v) is 11.4. The molecule has 0 fully saturated rings.